The molecule has 0 aromatic carbocycles. The number of carbonyl (C=O) groups is 1. The molecule has 0 bridgehead atoms. The van der Waals surface area contributed by atoms with E-state index in [2.05, 4.69) is 18.0 Å². The summed E-state index contributed by atoms with van der Waals surface area (Å²) in [5.74, 6) is -0.445. The van der Waals surface area contributed by atoms with Crippen LogP contribution in [0.15, 0.2) is 0 Å². The van der Waals surface area contributed by atoms with E-state index in [-0.39, 0.29) is 18.9 Å². The van der Waals surface area contributed by atoms with Crippen LogP contribution in [0.5, 0.6) is 0 Å². The summed E-state index contributed by atoms with van der Waals surface area (Å²) < 4.78 is 40.3. The highest BCUT2D eigenvalue weighted by Crippen LogP contribution is 2.16. The van der Waals surface area contributed by atoms with E-state index in [0.29, 0.717) is 6.42 Å². The Balaban J connectivity index is 4.46. The van der Waals surface area contributed by atoms with Crippen LogP contribution in [0.3, 0.4) is 0 Å². The maximum absolute atomic E-state index is 12.1. The zero-order valence-corrected chi connectivity index (χ0v) is 15.4. The first-order valence-electron chi connectivity index (χ1n) is 8.66. The highest BCUT2D eigenvalue weighted by Gasteiger charge is 2.26. The van der Waals surface area contributed by atoms with Crippen molar-refractivity contribution in [1.82, 2.24) is 0 Å². The number of ether oxygens (including phenoxy) is 1. The normalized spacial score (nSPS) is 14.4. The minimum atomic E-state index is -4.67. The quantitative estimate of drug-likeness (QED) is 0.290. The van der Waals surface area contributed by atoms with Crippen LogP contribution in [0.4, 0.5) is 0 Å². The van der Waals surface area contributed by atoms with E-state index in [0.717, 1.165) is 44.9 Å². The molecule has 138 valence electrons. The molecule has 0 aromatic heterocycles. The molecule has 0 spiro atoms. The molecule has 2 unspecified atom stereocenters. The van der Waals surface area contributed by atoms with Gasteiger partial charge in [0.2, 0.25) is 0 Å². The van der Waals surface area contributed by atoms with Crippen LogP contribution < -0.4 is 0 Å². The molecule has 0 aromatic rings. The largest absolute Gasteiger partial charge is 0.463 e. The van der Waals surface area contributed by atoms with E-state index >= 15 is 0 Å². The van der Waals surface area contributed by atoms with Gasteiger partial charge < -0.3 is 4.74 Å². The molecule has 0 radical (unpaired) electrons. The predicted molar refractivity (Wildman–Crippen MR) is 89.4 cm³/mol. The third-order valence-electron chi connectivity index (χ3n) is 3.83. The van der Waals surface area contributed by atoms with Gasteiger partial charge in [-0.15, -0.1) is 0 Å². The Morgan fingerprint density at radius 3 is 2.17 bits per heavy atom. The average molecular weight is 352 g/mol. The predicted octanol–water partition coefficient (Wildman–Crippen LogP) is 3.90. The first-order chi connectivity index (χ1) is 10.8. The van der Waals surface area contributed by atoms with Gasteiger partial charge in [-0.05, 0) is 18.8 Å². The number of hydrogen-bond donors (Lipinski definition) is 1. The number of rotatable bonds is 14. The maximum atomic E-state index is 12.1. The van der Waals surface area contributed by atoms with Gasteiger partial charge in [0, 0.05) is 0 Å². The van der Waals surface area contributed by atoms with Crippen LogP contribution >= 0.6 is 0 Å². The van der Waals surface area contributed by atoms with Crippen LogP contribution in [0.1, 0.15) is 78.6 Å². The fraction of sp³-hybridized carbons (Fsp3) is 0.938. The summed E-state index contributed by atoms with van der Waals surface area (Å²) in [6.07, 6.45) is 6.55. The van der Waals surface area contributed by atoms with Gasteiger partial charge in [-0.25, -0.2) is 8.98 Å². The highest BCUT2D eigenvalue weighted by atomic mass is 32.3. The van der Waals surface area contributed by atoms with Gasteiger partial charge in [0.25, 0.3) is 0 Å². The van der Waals surface area contributed by atoms with Crippen LogP contribution in [0.2, 0.25) is 0 Å². The SMILES string of the molecule is CCCCCCC(OS(=O)(=O)O)C(=O)OCC(CC)CCCC. The molecule has 0 fully saturated rings. The third kappa shape index (κ3) is 12.4. The van der Waals surface area contributed by atoms with Crippen LogP contribution in [0.25, 0.3) is 0 Å². The summed E-state index contributed by atoms with van der Waals surface area (Å²) in [6.45, 7) is 6.45. The highest BCUT2D eigenvalue weighted by molar-refractivity contribution is 7.80. The van der Waals surface area contributed by atoms with Gasteiger partial charge >= 0.3 is 16.4 Å². The molecule has 0 amide bonds. The first kappa shape index (κ1) is 22.3. The van der Waals surface area contributed by atoms with Gasteiger partial charge in [0.1, 0.15) is 0 Å². The Morgan fingerprint density at radius 2 is 1.65 bits per heavy atom. The second kappa shape index (κ2) is 12.7. The molecule has 6 nitrogen and oxygen atoms in total. The molecule has 0 aliphatic heterocycles. The Morgan fingerprint density at radius 1 is 1.00 bits per heavy atom. The van der Waals surface area contributed by atoms with Crippen LogP contribution in [-0.4, -0.2) is 31.7 Å². The molecule has 1 N–H and O–H groups in total. The number of unbranched alkanes of at least 4 members (excludes halogenated alkanes) is 4. The van der Waals surface area contributed by atoms with E-state index < -0.39 is 22.5 Å². The molecule has 23 heavy (non-hydrogen) atoms. The fourth-order valence-electron chi connectivity index (χ4n) is 2.30. The zero-order chi connectivity index (χ0) is 17.7. The average Bonchev–Trinajstić information content (AvgIpc) is 2.49. The molecule has 0 aliphatic rings. The van der Waals surface area contributed by atoms with Gasteiger partial charge in [0.05, 0.1) is 6.61 Å². The summed E-state index contributed by atoms with van der Waals surface area (Å²) >= 11 is 0. The summed E-state index contributed by atoms with van der Waals surface area (Å²) in [5.41, 5.74) is 0. The van der Waals surface area contributed by atoms with E-state index in [9.17, 15) is 13.2 Å². The molecular weight excluding hydrogens is 320 g/mol. The minimum absolute atomic E-state index is 0.227. The number of carbonyl (C=O) groups excluding carboxylic acids is 1. The lowest BCUT2D eigenvalue weighted by Gasteiger charge is -2.18. The second-order valence-corrected chi connectivity index (χ2v) is 6.96. The Bertz CT molecular complexity index is 407. The summed E-state index contributed by atoms with van der Waals surface area (Å²) in [6, 6.07) is 0. The Hall–Kier alpha value is -0.660. The van der Waals surface area contributed by atoms with Crippen molar-refractivity contribution >= 4 is 16.4 Å². The summed E-state index contributed by atoms with van der Waals surface area (Å²) in [5, 5.41) is 0. The monoisotopic (exact) mass is 352 g/mol. The molecule has 2 atom stereocenters. The lowest BCUT2D eigenvalue weighted by Crippen LogP contribution is -2.30. The number of esters is 1. The van der Waals surface area contributed by atoms with Crippen molar-refractivity contribution in [2.75, 3.05) is 6.61 Å². The molecule has 0 rings (SSSR count). The van der Waals surface area contributed by atoms with Crippen LogP contribution in [0, 0.1) is 5.92 Å². The summed E-state index contributed by atoms with van der Waals surface area (Å²) in [7, 11) is -4.67. The molecule has 0 heterocycles. The van der Waals surface area contributed by atoms with Crippen molar-refractivity contribution in [1.29, 1.82) is 0 Å². The van der Waals surface area contributed by atoms with Crippen LogP contribution in [-0.2, 0) is 24.1 Å². The smallest absolute Gasteiger partial charge is 0.398 e. The van der Waals surface area contributed by atoms with E-state index in [4.69, 9.17) is 9.29 Å². The maximum Gasteiger partial charge on any atom is 0.398 e. The fourth-order valence-corrected chi connectivity index (χ4v) is 2.77. The van der Waals surface area contributed by atoms with Gasteiger partial charge in [0.15, 0.2) is 6.10 Å². The van der Waals surface area contributed by atoms with Crippen molar-refractivity contribution in [2.45, 2.75) is 84.7 Å². The van der Waals surface area contributed by atoms with Crippen molar-refractivity contribution in [3.63, 3.8) is 0 Å². The third-order valence-corrected chi connectivity index (χ3v) is 4.30. The minimum Gasteiger partial charge on any atom is -0.463 e. The number of hydrogen-bond acceptors (Lipinski definition) is 5. The van der Waals surface area contributed by atoms with Crippen molar-refractivity contribution in [3.8, 4) is 0 Å². The van der Waals surface area contributed by atoms with Crippen molar-refractivity contribution < 1.29 is 26.7 Å². The lowest BCUT2D eigenvalue weighted by atomic mass is 10.0. The molecular formula is C16H32O6S. The zero-order valence-electron chi connectivity index (χ0n) is 14.6. The second-order valence-electron chi connectivity index (χ2n) is 5.91. The summed E-state index contributed by atoms with van der Waals surface area (Å²) in [4.78, 5) is 12.1. The van der Waals surface area contributed by atoms with Crippen molar-refractivity contribution in [3.05, 3.63) is 0 Å². The molecule has 0 saturated carbocycles. The van der Waals surface area contributed by atoms with Gasteiger partial charge in [-0.3, -0.25) is 4.55 Å². The molecule has 0 aliphatic carbocycles. The first-order valence-corrected chi connectivity index (χ1v) is 10.0. The van der Waals surface area contributed by atoms with E-state index in [1.807, 2.05) is 6.92 Å². The van der Waals surface area contributed by atoms with Gasteiger partial charge in [-0.2, -0.15) is 8.42 Å². The Kier molecular flexibility index (Phi) is 12.4. The molecule has 7 heteroatoms. The molecule has 0 saturated heterocycles. The topological polar surface area (TPSA) is 89.9 Å². The van der Waals surface area contributed by atoms with Crippen molar-refractivity contribution in [2.24, 2.45) is 5.92 Å². The van der Waals surface area contributed by atoms with E-state index in [1.54, 1.807) is 0 Å². The lowest BCUT2D eigenvalue weighted by molar-refractivity contribution is -0.154. The standard InChI is InChI=1S/C16H32O6S/c1-4-7-9-10-12-15(22-23(18,19)20)16(17)21-13-14(6-3)11-8-5-2/h14-15H,4-13H2,1-3H3,(H,18,19,20). The van der Waals surface area contributed by atoms with E-state index in [1.165, 1.54) is 0 Å². The van der Waals surface area contributed by atoms with Gasteiger partial charge in [-0.1, -0.05) is 65.7 Å². The Labute approximate surface area is 140 Å².